The van der Waals surface area contributed by atoms with Gasteiger partial charge in [0.05, 0.1) is 16.8 Å². The molecule has 0 aliphatic carbocycles. The number of benzene rings is 2. The third-order valence-corrected chi connectivity index (χ3v) is 5.34. The second-order valence-corrected chi connectivity index (χ2v) is 7.92. The van der Waals surface area contributed by atoms with Gasteiger partial charge in [-0.25, -0.2) is 4.39 Å². The predicted molar refractivity (Wildman–Crippen MR) is 121 cm³/mol. The van der Waals surface area contributed by atoms with Crippen LogP contribution in [-0.2, 0) is 14.1 Å². The Bertz CT molecular complexity index is 1380. The Hall–Kier alpha value is -3.96. The van der Waals surface area contributed by atoms with Crippen LogP contribution in [0.5, 0.6) is 0 Å². The summed E-state index contributed by atoms with van der Waals surface area (Å²) in [4.78, 5) is 12.9. The second-order valence-electron chi connectivity index (χ2n) is 7.92. The zero-order valence-electron chi connectivity index (χ0n) is 18.1. The van der Waals surface area contributed by atoms with Gasteiger partial charge in [0.1, 0.15) is 17.6 Å². The van der Waals surface area contributed by atoms with E-state index in [0.717, 1.165) is 22.2 Å². The molecule has 1 atom stereocenters. The molecular formula is C24H23FN6O. The van der Waals surface area contributed by atoms with Crippen molar-refractivity contribution in [1.82, 2.24) is 19.7 Å². The van der Waals surface area contributed by atoms with Gasteiger partial charge in [0.25, 0.3) is 5.91 Å². The lowest BCUT2D eigenvalue weighted by atomic mass is 9.99. The summed E-state index contributed by atoms with van der Waals surface area (Å²) in [6.07, 6.45) is 1.92. The Kier molecular flexibility index (Phi) is 5.51. The maximum absolute atomic E-state index is 14.4. The highest BCUT2D eigenvalue weighted by Crippen LogP contribution is 2.36. The zero-order valence-corrected chi connectivity index (χ0v) is 18.1. The lowest BCUT2D eigenvalue weighted by Crippen LogP contribution is -2.35. The summed E-state index contributed by atoms with van der Waals surface area (Å²) in [7, 11) is 3.65. The summed E-state index contributed by atoms with van der Waals surface area (Å²) in [6, 6.07) is 13.7. The monoisotopic (exact) mass is 430 g/mol. The van der Waals surface area contributed by atoms with Gasteiger partial charge in [-0.1, -0.05) is 12.1 Å². The molecule has 1 amide bonds. The first-order chi connectivity index (χ1) is 15.3. The molecule has 0 aliphatic rings. The lowest BCUT2D eigenvalue weighted by molar-refractivity contribution is 0.0943. The molecule has 162 valence electrons. The van der Waals surface area contributed by atoms with E-state index in [-0.39, 0.29) is 17.5 Å². The van der Waals surface area contributed by atoms with E-state index in [4.69, 9.17) is 11.0 Å². The molecule has 0 radical (unpaired) electrons. The van der Waals surface area contributed by atoms with Crippen LogP contribution >= 0.6 is 0 Å². The molecule has 0 fully saturated rings. The minimum absolute atomic E-state index is 0.0297. The molecule has 1 unspecified atom stereocenters. The van der Waals surface area contributed by atoms with E-state index in [0.29, 0.717) is 23.4 Å². The Labute approximate surface area is 184 Å². The first-order valence-electron chi connectivity index (χ1n) is 10.2. The molecule has 2 aromatic carbocycles. The Morgan fingerprint density at radius 2 is 1.97 bits per heavy atom. The van der Waals surface area contributed by atoms with Crippen molar-refractivity contribution in [2.24, 2.45) is 19.8 Å². The highest BCUT2D eigenvalue weighted by molar-refractivity contribution is 5.98. The number of halogens is 1. The van der Waals surface area contributed by atoms with Gasteiger partial charge in [0, 0.05) is 43.8 Å². The number of nitrogens with one attached hydrogen (secondary N) is 1. The van der Waals surface area contributed by atoms with Gasteiger partial charge in [0.15, 0.2) is 0 Å². The normalized spacial score (nSPS) is 12.0. The van der Waals surface area contributed by atoms with Gasteiger partial charge >= 0.3 is 0 Å². The number of rotatable bonds is 5. The van der Waals surface area contributed by atoms with Gasteiger partial charge in [0.2, 0.25) is 0 Å². The average molecular weight is 430 g/mol. The van der Waals surface area contributed by atoms with Crippen molar-refractivity contribution in [3.8, 4) is 28.5 Å². The largest absolute Gasteiger partial charge is 0.349 e. The topological polar surface area (TPSA) is 102 Å². The fourth-order valence-electron chi connectivity index (χ4n) is 3.80. The number of amides is 1. The van der Waals surface area contributed by atoms with Crippen molar-refractivity contribution in [1.29, 1.82) is 5.26 Å². The van der Waals surface area contributed by atoms with Crippen LogP contribution in [0.1, 0.15) is 23.0 Å². The predicted octanol–water partition coefficient (Wildman–Crippen LogP) is 3.33. The number of hydrogen-bond acceptors (Lipinski definition) is 4. The molecule has 3 N–H and O–H groups in total. The van der Waals surface area contributed by atoms with Crippen LogP contribution in [0.2, 0.25) is 0 Å². The van der Waals surface area contributed by atoms with E-state index in [1.165, 1.54) is 12.1 Å². The van der Waals surface area contributed by atoms with E-state index in [2.05, 4.69) is 10.4 Å². The van der Waals surface area contributed by atoms with Gasteiger partial charge < -0.3 is 15.6 Å². The first-order valence-corrected chi connectivity index (χ1v) is 10.2. The van der Waals surface area contributed by atoms with Crippen LogP contribution in [0, 0.1) is 17.1 Å². The van der Waals surface area contributed by atoms with Gasteiger partial charge in [-0.15, -0.1) is 0 Å². The van der Waals surface area contributed by atoms with Crippen LogP contribution in [0.3, 0.4) is 0 Å². The summed E-state index contributed by atoms with van der Waals surface area (Å²) in [6.45, 7) is 2.15. The van der Waals surface area contributed by atoms with Crippen molar-refractivity contribution in [3.05, 3.63) is 65.7 Å². The first kappa shape index (κ1) is 21.3. The smallest absolute Gasteiger partial charge is 0.267 e. The fourth-order valence-corrected chi connectivity index (χ4v) is 3.80. The highest BCUT2D eigenvalue weighted by Gasteiger charge is 2.21. The number of carbonyl (C=O) groups excluding carboxylic acids is 1. The number of aromatic nitrogens is 3. The highest BCUT2D eigenvalue weighted by atomic mass is 19.1. The number of hydrogen-bond donors (Lipinski definition) is 2. The quantitative estimate of drug-likeness (QED) is 0.507. The van der Waals surface area contributed by atoms with Gasteiger partial charge in [-0.2, -0.15) is 10.4 Å². The molecular weight excluding hydrogens is 407 g/mol. The van der Waals surface area contributed by atoms with Gasteiger partial charge in [-0.3, -0.25) is 9.48 Å². The van der Waals surface area contributed by atoms with Crippen molar-refractivity contribution >= 4 is 16.8 Å². The second kappa shape index (κ2) is 8.29. The minimum atomic E-state index is -0.606. The number of nitriles is 1. The standard InChI is InChI=1S/C24H23FN6O/c1-14(27)12-28-24(32)22-10-19(15-4-5-17(11-26)20(25)9-15)23(31(22)3)16-6-7-21-18(8-16)13-30(2)29-21/h4-10,13-14H,12,27H2,1-3H3,(H,28,32). The molecule has 2 aromatic heterocycles. The van der Waals surface area contributed by atoms with E-state index in [1.807, 2.05) is 44.4 Å². The molecule has 0 saturated heterocycles. The third-order valence-electron chi connectivity index (χ3n) is 5.34. The van der Waals surface area contributed by atoms with Crippen molar-refractivity contribution in [2.75, 3.05) is 6.54 Å². The zero-order chi connectivity index (χ0) is 23.0. The van der Waals surface area contributed by atoms with E-state index in [9.17, 15) is 9.18 Å². The van der Waals surface area contributed by atoms with Crippen LogP contribution in [0.15, 0.2) is 48.7 Å². The molecule has 4 aromatic rings. The summed E-state index contributed by atoms with van der Waals surface area (Å²) in [5.74, 6) is -0.876. The fraction of sp³-hybridized carbons (Fsp3) is 0.208. The summed E-state index contributed by atoms with van der Waals surface area (Å²) >= 11 is 0. The third kappa shape index (κ3) is 3.86. The van der Waals surface area contributed by atoms with E-state index < -0.39 is 5.82 Å². The number of aryl methyl sites for hydroxylation is 1. The molecule has 0 bridgehead atoms. The minimum Gasteiger partial charge on any atom is -0.349 e. The summed E-state index contributed by atoms with van der Waals surface area (Å²) < 4.78 is 18.0. The summed E-state index contributed by atoms with van der Waals surface area (Å²) in [5.41, 5.74) is 9.90. The SMILES string of the molecule is CC(N)CNC(=O)c1cc(-c2ccc(C#N)c(F)c2)c(-c2ccc3nn(C)cc3c2)n1C. The lowest BCUT2D eigenvalue weighted by Gasteiger charge is -2.11. The number of nitrogens with zero attached hydrogens (tertiary/aromatic N) is 4. The Balaban J connectivity index is 1.90. The van der Waals surface area contributed by atoms with Crippen LogP contribution < -0.4 is 11.1 Å². The molecule has 0 saturated carbocycles. The molecule has 8 heteroatoms. The maximum Gasteiger partial charge on any atom is 0.267 e. The van der Waals surface area contributed by atoms with Gasteiger partial charge in [-0.05, 0) is 48.4 Å². The van der Waals surface area contributed by atoms with Crippen molar-refractivity contribution < 1.29 is 9.18 Å². The maximum atomic E-state index is 14.4. The number of fused-ring (bicyclic) bond motifs is 1. The van der Waals surface area contributed by atoms with E-state index >= 15 is 0 Å². The average Bonchev–Trinajstić information content (AvgIpc) is 3.30. The van der Waals surface area contributed by atoms with Crippen molar-refractivity contribution in [3.63, 3.8) is 0 Å². The molecule has 0 spiro atoms. The molecule has 0 aliphatic heterocycles. The van der Waals surface area contributed by atoms with E-state index in [1.54, 1.807) is 28.4 Å². The van der Waals surface area contributed by atoms with Crippen molar-refractivity contribution in [2.45, 2.75) is 13.0 Å². The Morgan fingerprint density at radius 3 is 2.66 bits per heavy atom. The number of nitrogens with two attached hydrogens (primary N) is 1. The Morgan fingerprint density at radius 1 is 1.22 bits per heavy atom. The van der Waals surface area contributed by atoms with Crippen LogP contribution in [-0.4, -0.2) is 32.8 Å². The summed E-state index contributed by atoms with van der Waals surface area (Å²) in [5, 5.41) is 17.3. The van der Waals surface area contributed by atoms with Crippen LogP contribution in [0.4, 0.5) is 4.39 Å². The molecule has 7 nitrogen and oxygen atoms in total. The van der Waals surface area contributed by atoms with Crippen LogP contribution in [0.25, 0.3) is 33.3 Å². The molecule has 32 heavy (non-hydrogen) atoms. The number of carbonyl (C=O) groups is 1. The molecule has 4 rings (SSSR count). The molecule has 2 heterocycles.